The van der Waals surface area contributed by atoms with E-state index in [1.54, 1.807) is 24.3 Å². The van der Waals surface area contributed by atoms with Crippen LogP contribution in [0.4, 0.5) is 0 Å². The molecule has 0 aliphatic carbocycles. The molecule has 0 saturated carbocycles. The molecule has 2 aliphatic heterocycles. The van der Waals surface area contributed by atoms with E-state index in [0.717, 1.165) is 0 Å². The van der Waals surface area contributed by atoms with Gasteiger partial charge < -0.3 is 45.1 Å². The summed E-state index contributed by atoms with van der Waals surface area (Å²) >= 11 is 35.2. The fourth-order valence-corrected chi connectivity index (χ4v) is 6.09. The van der Waals surface area contributed by atoms with E-state index in [0.29, 0.717) is 42.2 Å². The highest BCUT2D eigenvalue weighted by atomic mass is 35.5. The van der Waals surface area contributed by atoms with Crippen molar-refractivity contribution >= 4 is 92.3 Å². The van der Waals surface area contributed by atoms with Crippen LogP contribution in [0, 0.1) is 4.77 Å². The summed E-state index contributed by atoms with van der Waals surface area (Å²) in [6.45, 7) is -0.831. The quantitative estimate of drug-likeness (QED) is 0.156. The van der Waals surface area contributed by atoms with Crippen LogP contribution < -0.4 is 0 Å². The molecule has 2 unspecified atom stereocenters. The van der Waals surface area contributed by atoms with Crippen LogP contribution in [-0.2, 0) is 9.47 Å². The molecule has 42 heavy (non-hydrogen) atoms. The molecule has 2 aliphatic rings. The van der Waals surface area contributed by atoms with Gasteiger partial charge in [-0.05, 0) is 48.1 Å². The lowest BCUT2D eigenvalue weighted by atomic mass is 10.1. The van der Waals surface area contributed by atoms with Crippen molar-refractivity contribution in [3.8, 4) is 0 Å². The Morgan fingerprint density at radius 2 is 1.19 bits per heavy atom. The fraction of sp³-hybridized carbons (Fsp3) is 0.417. The second-order valence-corrected chi connectivity index (χ2v) is 11.9. The highest BCUT2D eigenvalue weighted by molar-refractivity contribution is 7.71. The number of ether oxygens (including phenoxy) is 2. The van der Waals surface area contributed by atoms with Crippen molar-refractivity contribution in [2.45, 2.75) is 49.1 Å². The first-order chi connectivity index (χ1) is 19.9. The van der Waals surface area contributed by atoms with Crippen LogP contribution in [0.15, 0.2) is 24.3 Å². The van der Waals surface area contributed by atoms with Gasteiger partial charge in [0.25, 0.3) is 0 Å². The highest BCUT2D eigenvalue weighted by Gasteiger charge is 2.45. The summed E-state index contributed by atoms with van der Waals surface area (Å²) in [7, 11) is 0. The SMILES string of the molecule is OC[C@@H]1O[C@@H](n2c(=S)[nH]c3cc(Cl)c(Cl)cc32)[C@@H](O)C1O.OC[C@@H]1O[C@@H](n2c(Cl)nc3cc(Cl)c(Cl)cc32)[C@@H](O)C1O. The first-order valence-electron chi connectivity index (χ1n) is 12.2. The van der Waals surface area contributed by atoms with Gasteiger partial charge in [-0.25, -0.2) is 4.98 Å². The molecule has 12 nitrogen and oxygen atoms in total. The first-order valence-corrected chi connectivity index (χ1v) is 14.5. The number of nitrogens with zero attached hydrogens (tertiary/aromatic N) is 3. The predicted octanol–water partition coefficient (Wildman–Crippen LogP) is 3.23. The minimum atomic E-state index is -1.26. The van der Waals surface area contributed by atoms with Gasteiger partial charge in [-0.1, -0.05) is 46.4 Å². The van der Waals surface area contributed by atoms with E-state index in [1.807, 2.05) is 0 Å². The van der Waals surface area contributed by atoms with Crippen molar-refractivity contribution in [2.75, 3.05) is 13.2 Å². The molecule has 8 atom stereocenters. The lowest BCUT2D eigenvalue weighted by Crippen LogP contribution is -2.33. The zero-order valence-corrected chi connectivity index (χ0v) is 25.6. The van der Waals surface area contributed by atoms with Gasteiger partial charge >= 0.3 is 0 Å². The Balaban J connectivity index is 0.000000168. The summed E-state index contributed by atoms with van der Waals surface area (Å²) in [5, 5.41) is 59.6. The van der Waals surface area contributed by atoms with E-state index in [1.165, 1.54) is 9.13 Å². The number of rotatable bonds is 4. The van der Waals surface area contributed by atoms with Gasteiger partial charge in [0.15, 0.2) is 17.2 Å². The number of halogens is 5. The summed E-state index contributed by atoms with van der Waals surface area (Å²) in [5.74, 6) is 0. The molecule has 7 N–H and O–H groups in total. The summed E-state index contributed by atoms with van der Waals surface area (Å²) in [5.41, 5.74) is 2.20. The number of aromatic nitrogens is 4. The molecular formula is C24H23Cl5N4O8S. The standard InChI is InChI=1S/C12H11Cl3N2O4.C12H12Cl2N2O4S/c13-4-1-6-7(2-5(4)14)17(12(15)16-6)11-10(20)9(19)8(3-18)21-11;13-4-1-6-7(2-5(4)14)16(12(21)15-6)11-10(19)9(18)8(3-17)20-11/h1-2,8-11,18-20H,3H2;1-2,8-11,17-19H,3H2,(H,15,21)/t2*8-,9?,10-,11+/m00/s1. The van der Waals surface area contributed by atoms with Gasteiger partial charge in [0.2, 0.25) is 5.28 Å². The van der Waals surface area contributed by atoms with Crippen LogP contribution in [0.25, 0.3) is 22.1 Å². The largest absolute Gasteiger partial charge is 0.394 e. The van der Waals surface area contributed by atoms with Crippen molar-refractivity contribution in [1.82, 2.24) is 19.1 Å². The number of imidazole rings is 2. The summed E-state index contributed by atoms with van der Waals surface area (Å²) < 4.78 is 14.1. The maximum absolute atomic E-state index is 10.1. The lowest BCUT2D eigenvalue weighted by molar-refractivity contribution is -0.0514. The van der Waals surface area contributed by atoms with Crippen LogP contribution >= 0.6 is 70.2 Å². The van der Waals surface area contributed by atoms with Crippen LogP contribution in [0.1, 0.15) is 12.5 Å². The number of fused-ring (bicyclic) bond motifs is 2. The number of benzene rings is 2. The summed E-state index contributed by atoms with van der Waals surface area (Å²) in [6.07, 6.45) is -8.58. The summed E-state index contributed by atoms with van der Waals surface area (Å²) in [4.78, 5) is 7.06. The van der Waals surface area contributed by atoms with E-state index in [-0.39, 0.29) is 10.1 Å². The van der Waals surface area contributed by atoms with E-state index in [9.17, 15) is 20.4 Å². The molecule has 2 aromatic carbocycles. The van der Waals surface area contributed by atoms with Crippen molar-refractivity contribution in [3.05, 3.63) is 54.4 Å². The van der Waals surface area contributed by atoms with Gasteiger partial charge in [0.1, 0.15) is 36.6 Å². The van der Waals surface area contributed by atoms with Crippen LogP contribution in [0.2, 0.25) is 25.4 Å². The molecule has 0 spiro atoms. The normalized spacial score (nSPS) is 29.4. The lowest BCUT2D eigenvalue weighted by Gasteiger charge is -2.18. The molecule has 0 amide bonds. The smallest absolute Gasteiger partial charge is 0.206 e. The Labute approximate surface area is 267 Å². The Morgan fingerprint density at radius 1 is 0.714 bits per heavy atom. The zero-order valence-electron chi connectivity index (χ0n) is 21.0. The van der Waals surface area contributed by atoms with Gasteiger partial charge in [0, 0.05) is 0 Å². The van der Waals surface area contributed by atoms with Crippen molar-refractivity contribution in [1.29, 1.82) is 0 Å². The van der Waals surface area contributed by atoms with Crippen molar-refractivity contribution in [2.24, 2.45) is 0 Å². The number of H-pyrrole nitrogens is 1. The Bertz CT molecular complexity index is 1680. The van der Waals surface area contributed by atoms with Gasteiger partial charge in [-0.15, -0.1) is 0 Å². The van der Waals surface area contributed by atoms with E-state index >= 15 is 0 Å². The monoisotopic (exact) mass is 702 g/mol. The Hall–Kier alpha value is -1.27. The molecule has 0 radical (unpaired) electrons. The third-order valence-corrected chi connectivity index (χ3v) is 9.00. The third kappa shape index (κ3) is 5.66. The van der Waals surface area contributed by atoms with Gasteiger partial charge in [-0.3, -0.25) is 9.13 Å². The molecule has 2 aromatic heterocycles. The highest BCUT2D eigenvalue weighted by Crippen LogP contribution is 2.38. The maximum atomic E-state index is 10.1. The van der Waals surface area contributed by atoms with E-state index < -0.39 is 62.3 Å². The summed E-state index contributed by atoms with van der Waals surface area (Å²) in [6, 6.07) is 6.31. The Kier molecular flexibility index (Phi) is 9.65. The topological polar surface area (TPSA) is 178 Å². The minimum Gasteiger partial charge on any atom is -0.394 e. The average Bonchev–Trinajstić information content (AvgIpc) is 3.61. The van der Waals surface area contributed by atoms with E-state index in [4.69, 9.17) is 89.9 Å². The second-order valence-electron chi connectivity index (χ2n) is 9.55. The number of aliphatic hydroxyl groups is 6. The number of nitrogens with one attached hydrogen (secondary N) is 1. The van der Waals surface area contributed by atoms with Crippen molar-refractivity contribution in [3.63, 3.8) is 0 Å². The van der Waals surface area contributed by atoms with Gasteiger partial charge in [-0.2, -0.15) is 0 Å². The first kappa shape index (κ1) is 32.1. The van der Waals surface area contributed by atoms with Crippen LogP contribution in [-0.4, -0.2) is 99.6 Å². The van der Waals surface area contributed by atoms with Gasteiger partial charge in [0.05, 0.1) is 55.4 Å². The van der Waals surface area contributed by atoms with Crippen molar-refractivity contribution < 1.29 is 40.1 Å². The molecule has 6 rings (SSSR count). The third-order valence-electron chi connectivity index (χ3n) is 6.99. The molecule has 228 valence electrons. The second kappa shape index (κ2) is 12.6. The molecule has 4 heterocycles. The molecule has 18 heteroatoms. The molecule has 4 aromatic rings. The van der Waals surface area contributed by atoms with E-state index in [2.05, 4.69) is 9.97 Å². The molecular weight excluding hydrogens is 682 g/mol. The minimum absolute atomic E-state index is 0.0539. The number of hydrogen-bond donors (Lipinski definition) is 7. The fourth-order valence-electron chi connectivity index (χ4n) is 4.86. The van der Waals surface area contributed by atoms with Crippen LogP contribution in [0.5, 0.6) is 0 Å². The van der Waals surface area contributed by atoms with Crippen LogP contribution in [0.3, 0.4) is 0 Å². The molecule has 2 fully saturated rings. The Morgan fingerprint density at radius 3 is 1.71 bits per heavy atom. The molecule has 0 bridgehead atoms. The number of aromatic amines is 1. The molecule has 2 saturated heterocycles. The predicted molar refractivity (Wildman–Crippen MR) is 158 cm³/mol. The number of hydrogen-bond acceptors (Lipinski definition) is 10. The maximum Gasteiger partial charge on any atom is 0.206 e. The zero-order chi connectivity index (χ0) is 30.6. The number of aliphatic hydroxyl groups excluding tert-OH is 6. The average molecular weight is 705 g/mol.